The normalized spacial score (nSPS) is 20.3. The third-order valence-electron chi connectivity index (χ3n) is 4.89. The Morgan fingerprint density at radius 1 is 1.31 bits per heavy atom. The largest absolute Gasteiger partial charge is 0.360 e. The van der Waals surface area contributed by atoms with Crippen molar-refractivity contribution in [3.8, 4) is 0 Å². The first kappa shape index (κ1) is 20.9. The van der Waals surface area contributed by atoms with Crippen LogP contribution in [0.3, 0.4) is 0 Å². The van der Waals surface area contributed by atoms with Gasteiger partial charge >= 0.3 is 0 Å². The van der Waals surface area contributed by atoms with E-state index >= 15 is 0 Å². The van der Waals surface area contributed by atoms with Crippen molar-refractivity contribution < 1.29 is 17.7 Å². The van der Waals surface area contributed by atoms with E-state index in [1.165, 1.54) is 4.31 Å². The molecule has 1 aliphatic heterocycles. The molecule has 0 bridgehead atoms. The van der Waals surface area contributed by atoms with Crippen LogP contribution < -0.4 is 5.32 Å². The van der Waals surface area contributed by atoms with E-state index in [-0.39, 0.29) is 35.1 Å². The summed E-state index contributed by atoms with van der Waals surface area (Å²) in [4.78, 5) is 12.7. The van der Waals surface area contributed by atoms with Crippen LogP contribution in [0.5, 0.6) is 0 Å². The van der Waals surface area contributed by atoms with Crippen LogP contribution in [-0.2, 0) is 14.8 Å². The number of aryl methyl sites for hydroxylation is 2. The van der Waals surface area contributed by atoms with E-state index in [1.807, 2.05) is 6.92 Å². The van der Waals surface area contributed by atoms with Gasteiger partial charge in [0, 0.05) is 19.1 Å². The van der Waals surface area contributed by atoms with E-state index in [4.69, 9.17) is 4.52 Å². The molecule has 0 aliphatic carbocycles. The number of nitrogens with zero attached hydrogens (tertiary/aromatic N) is 2. The van der Waals surface area contributed by atoms with E-state index in [2.05, 4.69) is 24.3 Å². The van der Waals surface area contributed by atoms with Gasteiger partial charge in [-0.25, -0.2) is 8.42 Å². The van der Waals surface area contributed by atoms with Gasteiger partial charge in [-0.3, -0.25) is 4.79 Å². The number of hydrogen-bond acceptors (Lipinski definition) is 5. The monoisotopic (exact) mass is 385 g/mol. The summed E-state index contributed by atoms with van der Waals surface area (Å²) in [6, 6.07) is 0.0967. The summed E-state index contributed by atoms with van der Waals surface area (Å²) in [5.74, 6) is 0.511. The first-order chi connectivity index (χ1) is 12.1. The Labute approximate surface area is 156 Å². The van der Waals surface area contributed by atoms with Crippen LogP contribution in [0, 0.1) is 25.7 Å². The van der Waals surface area contributed by atoms with Gasteiger partial charge in [-0.15, -0.1) is 0 Å². The van der Waals surface area contributed by atoms with Crippen molar-refractivity contribution >= 4 is 15.9 Å². The zero-order chi connectivity index (χ0) is 19.5. The Bertz CT molecular complexity index is 707. The molecule has 1 amide bonds. The lowest BCUT2D eigenvalue weighted by Gasteiger charge is -2.31. The molecule has 1 aromatic heterocycles. The number of sulfonamides is 1. The minimum absolute atomic E-state index is 0.0556. The predicted molar refractivity (Wildman–Crippen MR) is 99.1 cm³/mol. The number of amides is 1. The molecule has 1 fully saturated rings. The lowest BCUT2D eigenvalue weighted by Crippen LogP contribution is -2.47. The van der Waals surface area contributed by atoms with Crippen molar-refractivity contribution in [1.29, 1.82) is 0 Å². The van der Waals surface area contributed by atoms with E-state index in [0.717, 1.165) is 12.8 Å². The molecule has 2 rings (SSSR count). The zero-order valence-corrected chi connectivity index (χ0v) is 17.2. The summed E-state index contributed by atoms with van der Waals surface area (Å²) >= 11 is 0. The molecule has 7 nitrogen and oxygen atoms in total. The second-order valence-corrected chi connectivity index (χ2v) is 9.61. The van der Waals surface area contributed by atoms with Gasteiger partial charge in [0.25, 0.3) is 0 Å². The minimum Gasteiger partial charge on any atom is -0.360 e. The Hall–Kier alpha value is -1.41. The van der Waals surface area contributed by atoms with Gasteiger partial charge in [0.15, 0.2) is 5.76 Å². The Morgan fingerprint density at radius 3 is 2.58 bits per heavy atom. The fraction of sp³-hybridized carbons (Fsp3) is 0.778. The predicted octanol–water partition coefficient (Wildman–Crippen LogP) is 2.63. The summed E-state index contributed by atoms with van der Waals surface area (Å²) in [5, 5.41) is 6.79. The third-order valence-corrected chi connectivity index (χ3v) is 7.00. The maximum absolute atomic E-state index is 13.0. The highest BCUT2D eigenvalue weighted by Crippen LogP contribution is 2.27. The molecule has 0 spiro atoms. The molecule has 2 heterocycles. The molecule has 1 saturated heterocycles. The van der Waals surface area contributed by atoms with Gasteiger partial charge in [0.1, 0.15) is 10.6 Å². The Balaban J connectivity index is 2.03. The van der Waals surface area contributed by atoms with Crippen molar-refractivity contribution in [2.24, 2.45) is 11.8 Å². The molecule has 1 aliphatic rings. The van der Waals surface area contributed by atoms with Gasteiger partial charge in [-0.1, -0.05) is 19.0 Å². The maximum Gasteiger partial charge on any atom is 0.248 e. The molecule has 1 aromatic rings. The Morgan fingerprint density at radius 2 is 2.00 bits per heavy atom. The molecule has 8 heteroatoms. The summed E-state index contributed by atoms with van der Waals surface area (Å²) in [7, 11) is -3.70. The van der Waals surface area contributed by atoms with Gasteiger partial charge in [-0.05, 0) is 52.4 Å². The first-order valence-corrected chi connectivity index (χ1v) is 10.8. The highest BCUT2D eigenvalue weighted by molar-refractivity contribution is 7.89. The van der Waals surface area contributed by atoms with E-state index < -0.39 is 10.0 Å². The number of carbonyl (C=O) groups is 1. The smallest absolute Gasteiger partial charge is 0.248 e. The number of nitrogens with one attached hydrogen (secondary N) is 1. The molecule has 26 heavy (non-hydrogen) atoms. The minimum atomic E-state index is -3.70. The standard InChI is InChI=1S/C18H31N3O4S/c1-12(2)8-9-13(3)19-18(22)16-7-6-10-21(11-16)26(23,24)17-14(4)20-25-15(17)5/h12-13,16H,6-11H2,1-5H3,(H,19,22). The van der Waals surface area contributed by atoms with E-state index in [0.29, 0.717) is 31.0 Å². The SMILES string of the molecule is Cc1noc(C)c1S(=O)(=O)N1CCCC(C(=O)NC(C)CCC(C)C)C1. The Kier molecular flexibility index (Phi) is 6.85. The summed E-state index contributed by atoms with van der Waals surface area (Å²) in [6.07, 6.45) is 3.35. The summed E-state index contributed by atoms with van der Waals surface area (Å²) in [6.45, 7) is 10.2. The van der Waals surface area contributed by atoms with Crippen molar-refractivity contribution in [2.45, 2.75) is 71.2 Å². The molecule has 1 N–H and O–H groups in total. The van der Waals surface area contributed by atoms with Crippen LogP contribution in [0.1, 0.15) is 57.9 Å². The second kappa shape index (κ2) is 8.52. The molecular formula is C18H31N3O4S. The average molecular weight is 386 g/mol. The summed E-state index contributed by atoms with van der Waals surface area (Å²) < 4.78 is 32.3. The molecular weight excluding hydrogens is 354 g/mol. The van der Waals surface area contributed by atoms with Gasteiger partial charge in [0.2, 0.25) is 15.9 Å². The average Bonchev–Trinajstić information content (AvgIpc) is 2.92. The molecule has 0 saturated carbocycles. The van der Waals surface area contributed by atoms with Crippen LogP contribution in [0.2, 0.25) is 0 Å². The quantitative estimate of drug-likeness (QED) is 0.779. The fourth-order valence-corrected chi connectivity index (χ4v) is 5.18. The molecule has 2 atom stereocenters. The second-order valence-electron chi connectivity index (χ2n) is 7.74. The number of rotatable bonds is 7. The molecule has 0 aromatic carbocycles. The van der Waals surface area contributed by atoms with Crippen molar-refractivity contribution in [1.82, 2.24) is 14.8 Å². The molecule has 0 radical (unpaired) electrons. The van der Waals surface area contributed by atoms with Crippen LogP contribution in [0.15, 0.2) is 9.42 Å². The zero-order valence-electron chi connectivity index (χ0n) is 16.4. The topological polar surface area (TPSA) is 92.5 Å². The highest BCUT2D eigenvalue weighted by atomic mass is 32.2. The number of carbonyl (C=O) groups excluding carboxylic acids is 1. The van der Waals surface area contributed by atoms with Crippen LogP contribution in [-0.4, -0.2) is 42.9 Å². The van der Waals surface area contributed by atoms with E-state index in [9.17, 15) is 13.2 Å². The van der Waals surface area contributed by atoms with Crippen LogP contribution in [0.4, 0.5) is 0 Å². The molecule has 148 valence electrons. The van der Waals surface area contributed by atoms with E-state index in [1.54, 1.807) is 13.8 Å². The lowest BCUT2D eigenvalue weighted by molar-refractivity contribution is -0.126. The lowest BCUT2D eigenvalue weighted by atomic mass is 9.97. The van der Waals surface area contributed by atoms with Crippen molar-refractivity contribution in [3.05, 3.63) is 11.5 Å². The third kappa shape index (κ3) is 4.85. The van der Waals surface area contributed by atoms with Crippen molar-refractivity contribution in [3.63, 3.8) is 0 Å². The number of piperidine rings is 1. The van der Waals surface area contributed by atoms with Gasteiger partial charge in [0.05, 0.1) is 5.92 Å². The highest BCUT2D eigenvalue weighted by Gasteiger charge is 2.36. The maximum atomic E-state index is 13.0. The van der Waals surface area contributed by atoms with Gasteiger partial charge < -0.3 is 9.84 Å². The van der Waals surface area contributed by atoms with Crippen molar-refractivity contribution in [2.75, 3.05) is 13.1 Å². The molecule has 2 unspecified atom stereocenters. The van der Waals surface area contributed by atoms with Crippen LogP contribution in [0.25, 0.3) is 0 Å². The number of hydrogen-bond donors (Lipinski definition) is 1. The number of aromatic nitrogens is 1. The van der Waals surface area contributed by atoms with Gasteiger partial charge in [-0.2, -0.15) is 4.31 Å². The van der Waals surface area contributed by atoms with Crippen LogP contribution >= 0.6 is 0 Å². The first-order valence-electron chi connectivity index (χ1n) is 9.36. The summed E-state index contributed by atoms with van der Waals surface area (Å²) in [5.41, 5.74) is 0.358. The fourth-order valence-electron chi connectivity index (χ4n) is 3.36.